The molecule has 2 fully saturated rings. The highest BCUT2D eigenvalue weighted by atomic mass is 16.7. The molecule has 9 heteroatoms. The lowest BCUT2D eigenvalue weighted by atomic mass is 9.77. The molecule has 2 aromatic rings. The van der Waals surface area contributed by atoms with Crippen molar-refractivity contribution >= 4 is 29.3 Å². The minimum atomic E-state index is -0.642. The average Bonchev–Trinajstić information content (AvgIpc) is 3.24. The summed E-state index contributed by atoms with van der Waals surface area (Å²) < 4.78 is 24.4. The summed E-state index contributed by atoms with van der Waals surface area (Å²) in [5.41, 5.74) is 0.101. The fourth-order valence-electron chi connectivity index (χ4n) is 3.96. The number of benzene rings is 1. The fraction of sp³-hybridized carbons (Fsp3) is 0.542. The van der Waals surface area contributed by atoms with Crippen LogP contribution in [0.25, 0.3) is 10.8 Å². The van der Waals surface area contributed by atoms with Crippen molar-refractivity contribution in [1.82, 2.24) is 10.3 Å². The van der Waals surface area contributed by atoms with E-state index in [0.717, 1.165) is 17.3 Å². The van der Waals surface area contributed by atoms with Crippen LogP contribution < -0.4 is 20.3 Å². The Kier molecular flexibility index (Phi) is 6.02. The molecule has 0 spiro atoms. The maximum Gasteiger partial charge on any atom is 0.497 e. The van der Waals surface area contributed by atoms with E-state index in [4.69, 9.17) is 18.8 Å². The number of nitrogens with one attached hydrogen (secondary N) is 1. The van der Waals surface area contributed by atoms with Gasteiger partial charge in [0.2, 0.25) is 11.8 Å². The molecule has 1 aromatic carbocycles. The Morgan fingerprint density at radius 1 is 1.24 bits per heavy atom. The molecule has 1 N–H and O–H groups in total. The third-order valence-corrected chi connectivity index (χ3v) is 6.48. The summed E-state index contributed by atoms with van der Waals surface area (Å²) in [4.78, 5) is 16.1. The number of hydrogen-bond acceptors (Lipinski definition) is 7. The lowest BCUT2D eigenvalue weighted by Crippen LogP contribution is -2.41. The third kappa shape index (κ3) is 4.50. The van der Waals surface area contributed by atoms with E-state index in [-0.39, 0.29) is 18.1 Å². The summed E-state index contributed by atoms with van der Waals surface area (Å²) in [6.07, 6.45) is 2.80. The van der Waals surface area contributed by atoms with Gasteiger partial charge in [-0.2, -0.15) is 5.26 Å². The van der Waals surface area contributed by atoms with Gasteiger partial charge in [-0.05, 0) is 65.5 Å². The second kappa shape index (κ2) is 8.51. The molecule has 1 amide bonds. The number of nitriles is 1. The molecule has 174 valence electrons. The van der Waals surface area contributed by atoms with Crippen LogP contribution in [0.5, 0.6) is 11.6 Å². The van der Waals surface area contributed by atoms with Gasteiger partial charge in [0.05, 0.1) is 28.9 Å². The Balaban J connectivity index is 1.78. The average molecular weight is 451 g/mol. The lowest BCUT2D eigenvalue weighted by Gasteiger charge is -2.32. The van der Waals surface area contributed by atoms with Crippen molar-refractivity contribution in [3.05, 3.63) is 23.9 Å². The first-order valence-corrected chi connectivity index (χ1v) is 11.3. The SMILES string of the molecule is CC(C)Oc1cc2c(OC[C@@H]3CCC(=O)N3)ncc(B3OC(C)(C)C(C)(C)O3)c2cc1C#N. The summed E-state index contributed by atoms with van der Waals surface area (Å²) in [5, 5.41) is 14.1. The van der Waals surface area contributed by atoms with Crippen LogP contribution in [0, 0.1) is 11.3 Å². The number of aromatic nitrogens is 1. The molecule has 0 aliphatic carbocycles. The number of fused-ring (bicyclic) bond motifs is 1. The molecule has 0 saturated carbocycles. The number of carbonyl (C=O) groups is 1. The van der Waals surface area contributed by atoms with Crippen molar-refractivity contribution < 1.29 is 23.6 Å². The number of pyridine rings is 1. The van der Waals surface area contributed by atoms with Crippen LogP contribution in [0.2, 0.25) is 0 Å². The van der Waals surface area contributed by atoms with E-state index in [1.54, 1.807) is 18.3 Å². The molecular formula is C24H30BN3O5. The van der Waals surface area contributed by atoms with Gasteiger partial charge < -0.3 is 24.1 Å². The molecule has 3 heterocycles. The molecule has 8 nitrogen and oxygen atoms in total. The monoisotopic (exact) mass is 451 g/mol. The van der Waals surface area contributed by atoms with Gasteiger partial charge in [0.15, 0.2) is 0 Å². The Bertz CT molecular complexity index is 1110. The highest BCUT2D eigenvalue weighted by Gasteiger charge is 2.52. The second-order valence-corrected chi connectivity index (χ2v) is 9.89. The Labute approximate surface area is 194 Å². The second-order valence-electron chi connectivity index (χ2n) is 9.89. The predicted molar refractivity (Wildman–Crippen MR) is 125 cm³/mol. The van der Waals surface area contributed by atoms with E-state index in [1.807, 2.05) is 41.5 Å². The highest BCUT2D eigenvalue weighted by Crippen LogP contribution is 2.38. The summed E-state index contributed by atoms with van der Waals surface area (Å²) in [5.74, 6) is 0.903. The number of hydrogen-bond donors (Lipinski definition) is 1. The van der Waals surface area contributed by atoms with E-state index in [1.165, 1.54) is 0 Å². The smallest absolute Gasteiger partial charge is 0.490 e. The number of nitrogens with zero attached hydrogens (tertiary/aromatic N) is 2. The molecule has 2 aliphatic rings. The number of rotatable bonds is 6. The summed E-state index contributed by atoms with van der Waals surface area (Å²) >= 11 is 0. The van der Waals surface area contributed by atoms with Crippen LogP contribution in [0.4, 0.5) is 0 Å². The van der Waals surface area contributed by atoms with E-state index in [9.17, 15) is 10.1 Å². The first-order valence-electron chi connectivity index (χ1n) is 11.3. The first kappa shape index (κ1) is 23.3. The maximum absolute atomic E-state index is 11.5. The van der Waals surface area contributed by atoms with Gasteiger partial charge in [0.25, 0.3) is 0 Å². The molecule has 1 atom stereocenters. The van der Waals surface area contributed by atoms with Crippen molar-refractivity contribution in [3.63, 3.8) is 0 Å². The van der Waals surface area contributed by atoms with Crippen LogP contribution in [-0.2, 0) is 14.1 Å². The molecular weight excluding hydrogens is 421 g/mol. The summed E-state index contributed by atoms with van der Waals surface area (Å²) in [7, 11) is -0.642. The predicted octanol–water partition coefficient (Wildman–Crippen LogP) is 2.85. The summed E-state index contributed by atoms with van der Waals surface area (Å²) in [6.45, 7) is 12.1. The number of carbonyl (C=O) groups excluding carboxylic acids is 1. The Morgan fingerprint density at radius 2 is 1.94 bits per heavy atom. The minimum Gasteiger partial charge on any atom is -0.490 e. The zero-order valence-electron chi connectivity index (χ0n) is 20.0. The van der Waals surface area contributed by atoms with Crippen molar-refractivity contribution in [3.8, 4) is 17.7 Å². The van der Waals surface area contributed by atoms with Crippen LogP contribution in [0.15, 0.2) is 18.3 Å². The van der Waals surface area contributed by atoms with Crippen molar-refractivity contribution in [2.45, 2.75) is 77.7 Å². The van der Waals surface area contributed by atoms with Crippen LogP contribution >= 0.6 is 0 Å². The molecule has 33 heavy (non-hydrogen) atoms. The fourth-order valence-corrected chi connectivity index (χ4v) is 3.96. The van der Waals surface area contributed by atoms with E-state index < -0.39 is 18.3 Å². The van der Waals surface area contributed by atoms with Gasteiger partial charge in [0, 0.05) is 23.5 Å². The van der Waals surface area contributed by atoms with Gasteiger partial charge in [-0.25, -0.2) is 4.98 Å². The number of ether oxygens (including phenoxy) is 2. The normalized spacial score (nSPS) is 21.3. The topological polar surface area (TPSA) is 103 Å². The lowest BCUT2D eigenvalue weighted by molar-refractivity contribution is -0.119. The van der Waals surface area contributed by atoms with E-state index >= 15 is 0 Å². The van der Waals surface area contributed by atoms with Crippen LogP contribution in [0.3, 0.4) is 0 Å². The molecule has 1 aromatic heterocycles. The zero-order valence-corrected chi connectivity index (χ0v) is 20.0. The maximum atomic E-state index is 11.5. The quantitative estimate of drug-likeness (QED) is 0.674. The largest absolute Gasteiger partial charge is 0.497 e. The van der Waals surface area contributed by atoms with Gasteiger partial charge in [-0.3, -0.25) is 4.79 Å². The standard InChI is InChI=1S/C24H30BN3O5/c1-14(2)31-20-10-18-17(9-15(20)11-26)19(25-32-23(3,4)24(5,6)33-25)12-27-22(18)30-13-16-7-8-21(29)28-16/h9-10,12,14,16H,7-8,13H2,1-6H3,(H,28,29)/t16-/m0/s1. The first-order chi connectivity index (χ1) is 15.5. The highest BCUT2D eigenvalue weighted by molar-refractivity contribution is 6.65. The van der Waals surface area contributed by atoms with E-state index in [0.29, 0.717) is 35.6 Å². The van der Waals surface area contributed by atoms with Gasteiger partial charge in [0.1, 0.15) is 18.4 Å². The van der Waals surface area contributed by atoms with Gasteiger partial charge in [-0.15, -0.1) is 0 Å². The van der Waals surface area contributed by atoms with Gasteiger partial charge in [-0.1, -0.05) is 0 Å². The van der Waals surface area contributed by atoms with Crippen LogP contribution in [0.1, 0.15) is 59.9 Å². The van der Waals surface area contributed by atoms with E-state index in [2.05, 4.69) is 16.4 Å². The summed E-state index contributed by atoms with van der Waals surface area (Å²) in [6, 6.07) is 5.74. The Morgan fingerprint density at radius 3 is 2.52 bits per heavy atom. The molecule has 2 aliphatic heterocycles. The van der Waals surface area contributed by atoms with Gasteiger partial charge >= 0.3 is 7.12 Å². The zero-order chi connectivity index (χ0) is 24.0. The molecule has 0 radical (unpaired) electrons. The number of amides is 1. The molecule has 4 rings (SSSR count). The van der Waals surface area contributed by atoms with Crippen molar-refractivity contribution in [2.75, 3.05) is 6.61 Å². The van der Waals surface area contributed by atoms with Crippen molar-refractivity contribution in [1.29, 1.82) is 5.26 Å². The minimum absolute atomic E-state index is 0.0313. The van der Waals surface area contributed by atoms with Crippen molar-refractivity contribution in [2.24, 2.45) is 0 Å². The molecule has 0 unspecified atom stereocenters. The van der Waals surface area contributed by atoms with Crippen LogP contribution in [-0.4, -0.2) is 48.0 Å². The Hall–Kier alpha value is -2.83. The third-order valence-electron chi connectivity index (χ3n) is 6.48. The molecule has 0 bridgehead atoms. The molecule has 2 saturated heterocycles.